The number of aromatic amines is 1. The number of benzene rings is 2. The topological polar surface area (TPSA) is 28.7 Å². The summed E-state index contributed by atoms with van der Waals surface area (Å²) in [5.74, 6) is 0.930. The summed E-state index contributed by atoms with van der Waals surface area (Å²) >= 11 is 3.52. The van der Waals surface area contributed by atoms with Crippen LogP contribution >= 0.6 is 15.9 Å². The molecule has 1 aromatic heterocycles. The second kappa shape index (κ2) is 4.49. The van der Waals surface area contributed by atoms with Crippen LogP contribution in [0.25, 0.3) is 22.4 Å². The van der Waals surface area contributed by atoms with Gasteiger partial charge in [0.15, 0.2) is 0 Å². The van der Waals surface area contributed by atoms with Gasteiger partial charge in [-0.3, -0.25) is 0 Å². The molecule has 0 saturated heterocycles. The minimum Gasteiger partial charge on any atom is -0.338 e. The number of hydrogen-bond donors (Lipinski definition) is 1. The van der Waals surface area contributed by atoms with Crippen molar-refractivity contribution < 1.29 is 0 Å². The standard InChI is InChI=1S/C16H15BrN2/c1-9-4-5-12(6-10(9)2)16-18-14-8-13(17)7-11(3)15(14)19-16/h4-8H,1-3H3,(H,18,19). The summed E-state index contributed by atoms with van der Waals surface area (Å²) in [5.41, 5.74) is 7.01. The van der Waals surface area contributed by atoms with E-state index in [4.69, 9.17) is 4.98 Å². The van der Waals surface area contributed by atoms with Crippen molar-refractivity contribution in [3.05, 3.63) is 51.5 Å². The maximum atomic E-state index is 4.72. The fraction of sp³-hybridized carbons (Fsp3) is 0.188. The zero-order valence-electron chi connectivity index (χ0n) is 11.2. The molecule has 0 atom stereocenters. The van der Waals surface area contributed by atoms with E-state index >= 15 is 0 Å². The van der Waals surface area contributed by atoms with Gasteiger partial charge < -0.3 is 4.98 Å². The molecule has 3 aromatic rings. The molecule has 2 nitrogen and oxygen atoms in total. The van der Waals surface area contributed by atoms with Crippen molar-refractivity contribution in [3.63, 3.8) is 0 Å². The molecule has 1 N–H and O–H groups in total. The molecule has 0 bridgehead atoms. The molecule has 0 amide bonds. The van der Waals surface area contributed by atoms with E-state index in [1.807, 2.05) is 0 Å². The van der Waals surface area contributed by atoms with E-state index < -0.39 is 0 Å². The molecule has 3 heteroatoms. The average Bonchev–Trinajstić information content (AvgIpc) is 2.76. The van der Waals surface area contributed by atoms with Gasteiger partial charge in [0.05, 0.1) is 11.0 Å². The minimum absolute atomic E-state index is 0.930. The third-order valence-corrected chi connectivity index (χ3v) is 3.98. The number of rotatable bonds is 1. The van der Waals surface area contributed by atoms with E-state index in [0.717, 1.165) is 26.9 Å². The van der Waals surface area contributed by atoms with Crippen LogP contribution in [0, 0.1) is 20.8 Å². The Bertz CT molecular complexity index is 772. The van der Waals surface area contributed by atoms with Gasteiger partial charge in [0.2, 0.25) is 0 Å². The molecule has 96 valence electrons. The highest BCUT2D eigenvalue weighted by molar-refractivity contribution is 9.10. The van der Waals surface area contributed by atoms with Crippen LogP contribution in [0.5, 0.6) is 0 Å². The largest absolute Gasteiger partial charge is 0.338 e. The first kappa shape index (κ1) is 12.4. The van der Waals surface area contributed by atoms with Crippen LogP contribution in [0.15, 0.2) is 34.8 Å². The monoisotopic (exact) mass is 314 g/mol. The van der Waals surface area contributed by atoms with Gasteiger partial charge in [-0.1, -0.05) is 28.1 Å². The Kier molecular flexibility index (Phi) is 2.94. The first-order valence-electron chi connectivity index (χ1n) is 6.28. The lowest BCUT2D eigenvalue weighted by molar-refractivity contribution is 1.29. The predicted octanol–water partition coefficient (Wildman–Crippen LogP) is 4.92. The van der Waals surface area contributed by atoms with Crippen LogP contribution < -0.4 is 0 Å². The lowest BCUT2D eigenvalue weighted by atomic mass is 10.1. The van der Waals surface area contributed by atoms with Crippen molar-refractivity contribution in [2.45, 2.75) is 20.8 Å². The number of aromatic nitrogens is 2. The maximum Gasteiger partial charge on any atom is 0.138 e. The van der Waals surface area contributed by atoms with Crippen molar-refractivity contribution in [2.24, 2.45) is 0 Å². The number of aryl methyl sites for hydroxylation is 3. The highest BCUT2D eigenvalue weighted by Crippen LogP contribution is 2.26. The van der Waals surface area contributed by atoms with Gasteiger partial charge in [-0.25, -0.2) is 4.98 Å². The van der Waals surface area contributed by atoms with Gasteiger partial charge >= 0.3 is 0 Å². The van der Waals surface area contributed by atoms with Gasteiger partial charge in [0.25, 0.3) is 0 Å². The van der Waals surface area contributed by atoms with Crippen molar-refractivity contribution >= 4 is 27.0 Å². The smallest absolute Gasteiger partial charge is 0.138 e. The molecule has 3 rings (SSSR count). The first-order valence-corrected chi connectivity index (χ1v) is 7.07. The van der Waals surface area contributed by atoms with Crippen LogP contribution in [-0.4, -0.2) is 9.97 Å². The lowest BCUT2D eigenvalue weighted by Gasteiger charge is -2.02. The molecule has 2 aromatic carbocycles. The number of nitrogens with one attached hydrogen (secondary N) is 1. The Morgan fingerprint density at radius 3 is 2.47 bits per heavy atom. The summed E-state index contributed by atoms with van der Waals surface area (Å²) in [4.78, 5) is 8.12. The fourth-order valence-corrected chi connectivity index (χ4v) is 2.84. The van der Waals surface area contributed by atoms with Crippen molar-refractivity contribution in [3.8, 4) is 11.4 Å². The highest BCUT2D eigenvalue weighted by Gasteiger charge is 2.08. The molecule has 0 aliphatic heterocycles. The van der Waals surface area contributed by atoms with Crippen LogP contribution in [0.1, 0.15) is 16.7 Å². The minimum atomic E-state index is 0.930. The third-order valence-electron chi connectivity index (χ3n) is 3.52. The molecule has 0 radical (unpaired) electrons. The molecule has 0 aliphatic carbocycles. The number of hydrogen-bond acceptors (Lipinski definition) is 1. The van der Waals surface area contributed by atoms with E-state index in [1.165, 1.54) is 16.7 Å². The Hall–Kier alpha value is -1.61. The van der Waals surface area contributed by atoms with Gasteiger partial charge in [-0.05, 0) is 55.7 Å². The normalized spacial score (nSPS) is 11.2. The number of H-pyrrole nitrogens is 1. The summed E-state index contributed by atoms with van der Waals surface area (Å²) in [6.45, 7) is 6.33. The van der Waals surface area contributed by atoms with Gasteiger partial charge in [0, 0.05) is 10.0 Å². The quantitative estimate of drug-likeness (QED) is 0.678. The first-order chi connectivity index (χ1) is 9.04. The predicted molar refractivity (Wildman–Crippen MR) is 83.4 cm³/mol. The van der Waals surface area contributed by atoms with Gasteiger partial charge in [-0.15, -0.1) is 0 Å². The fourth-order valence-electron chi connectivity index (χ4n) is 2.27. The molecule has 19 heavy (non-hydrogen) atoms. The van der Waals surface area contributed by atoms with Gasteiger partial charge in [0.1, 0.15) is 5.82 Å². The second-order valence-electron chi connectivity index (χ2n) is 5.00. The highest BCUT2D eigenvalue weighted by atomic mass is 79.9. The molecular formula is C16H15BrN2. The number of fused-ring (bicyclic) bond motifs is 1. The summed E-state index contributed by atoms with van der Waals surface area (Å²) in [6.07, 6.45) is 0. The van der Waals surface area contributed by atoms with E-state index in [1.54, 1.807) is 0 Å². The van der Waals surface area contributed by atoms with Crippen molar-refractivity contribution in [1.29, 1.82) is 0 Å². The van der Waals surface area contributed by atoms with E-state index in [0.29, 0.717) is 0 Å². The van der Waals surface area contributed by atoms with Crippen LogP contribution in [0.4, 0.5) is 0 Å². The zero-order chi connectivity index (χ0) is 13.6. The Balaban J connectivity index is 2.20. The number of imidazole rings is 1. The maximum absolute atomic E-state index is 4.72. The van der Waals surface area contributed by atoms with Crippen LogP contribution in [0.3, 0.4) is 0 Å². The molecule has 0 unspecified atom stereocenters. The Labute approximate surface area is 121 Å². The zero-order valence-corrected chi connectivity index (χ0v) is 12.8. The van der Waals surface area contributed by atoms with E-state index in [9.17, 15) is 0 Å². The van der Waals surface area contributed by atoms with Crippen molar-refractivity contribution in [1.82, 2.24) is 9.97 Å². The van der Waals surface area contributed by atoms with Gasteiger partial charge in [-0.2, -0.15) is 0 Å². The summed E-state index contributed by atoms with van der Waals surface area (Å²) in [7, 11) is 0. The van der Waals surface area contributed by atoms with E-state index in [2.05, 4.69) is 72.0 Å². The second-order valence-corrected chi connectivity index (χ2v) is 5.92. The van der Waals surface area contributed by atoms with E-state index in [-0.39, 0.29) is 0 Å². The molecular weight excluding hydrogens is 300 g/mol. The molecule has 0 aliphatic rings. The van der Waals surface area contributed by atoms with Crippen LogP contribution in [-0.2, 0) is 0 Å². The third kappa shape index (κ3) is 2.19. The van der Waals surface area contributed by atoms with Crippen molar-refractivity contribution in [2.75, 3.05) is 0 Å². The lowest BCUT2D eigenvalue weighted by Crippen LogP contribution is -1.85. The summed E-state index contributed by atoms with van der Waals surface area (Å²) in [6, 6.07) is 10.6. The number of halogens is 1. The molecule has 0 fully saturated rings. The summed E-state index contributed by atoms with van der Waals surface area (Å²) in [5, 5.41) is 0. The molecule has 0 spiro atoms. The summed E-state index contributed by atoms with van der Waals surface area (Å²) < 4.78 is 1.08. The molecule has 0 saturated carbocycles. The Morgan fingerprint density at radius 1 is 0.947 bits per heavy atom. The molecule has 1 heterocycles. The number of nitrogens with zero attached hydrogens (tertiary/aromatic N) is 1. The SMILES string of the molecule is Cc1ccc(-c2nc3c(C)cc(Br)cc3[nH]2)cc1C. The Morgan fingerprint density at radius 2 is 1.74 bits per heavy atom. The average molecular weight is 315 g/mol. The van der Waals surface area contributed by atoms with Crippen LogP contribution in [0.2, 0.25) is 0 Å².